The number of amides is 1. The van der Waals surface area contributed by atoms with Gasteiger partial charge in [-0.05, 0) is 29.8 Å². The first-order valence-corrected chi connectivity index (χ1v) is 7.99. The lowest BCUT2D eigenvalue weighted by Crippen LogP contribution is -2.23. The van der Waals surface area contributed by atoms with Gasteiger partial charge in [0, 0.05) is 5.56 Å². The van der Waals surface area contributed by atoms with E-state index >= 15 is 0 Å². The fourth-order valence-corrected chi connectivity index (χ4v) is 3.52. The summed E-state index contributed by atoms with van der Waals surface area (Å²) in [5.74, 6) is -1.69. The van der Waals surface area contributed by atoms with Crippen LogP contribution in [0.3, 0.4) is 0 Å². The van der Waals surface area contributed by atoms with Crippen LogP contribution in [0.2, 0.25) is 0 Å². The van der Waals surface area contributed by atoms with Crippen LogP contribution in [0.4, 0.5) is 10.1 Å². The Morgan fingerprint density at radius 2 is 2.17 bits per heavy atom. The lowest BCUT2D eigenvalue weighted by atomic mass is 10.0. The second kappa shape index (κ2) is 5.31. The smallest absolute Gasteiger partial charge is 0.253 e. The molecular weight excluding hydrogens is 337 g/mol. The number of benzene rings is 2. The number of aromatic hydroxyl groups is 1. The molecule has 0 aliphatic carbocycles. The maximum atomic E-state index is 15.0. The number of phenols is 1. The van der Waals surface area contributed by atoms with E-state index in [1.807, 2.05) is 0 Å². The summed E-state index contributed by atoms with van der Waals surface area (Å²) < 4.78 is 35.1. The third kappa shape index (κ3) is 2.21. The Labute approximate surface area is 137 Å². The van der Waals surface area contributed by atoms with Crippen molar-refractivity contribution in [3.05, 3.63) is 42.5 Å². The number of fused-ring (bicyclic) bond motifs is 1. The Hall–Kier alpha value is -2.94. The van der Waals surface area contributed by atoms with Crippen molar-refractivity contribution in [1.82, 2.24) is 9.71 Å². The highest BCUT2D eigenvalue weighted by molar-refractivity contribution is 7.85. The van der Waals surface area contributed by atoms with Crippen molar-refractivity contribution in [3.63, 3.8) is 0 Å². The van der Waals surface area contributed by atoms with E-state index in [9.17, 15) is 18.5 Å². The Kier molecular flexibility index (Phi) is 3.24. The first-order valence-electron chi connectivity index (χ1n) is 6.88. The molecule has 2 heterocycles. The summed E-state index contributed by atoms with van der Waals surface area (Å²) in [7, 11) is 0. The molecule has 2 N–H and O–H groups in total. The largest absolute Gasteiger partial charge is 0.506 e. The second-order valence-corrected chi connectivity index (χ2v) is 6.28. The van der Waals surface area contributed by atoms with Gasteiger partial charge >= 0.3 is 0 Å². The van der Waals surface area contributed by atoms with Gasteiger partial charge in [0.1, 0.15) is 23.5 Å². The molecule has 1 aliphatic heterocycles. The van der Waals surface area contributed by atoms with Crippen molar-refractivity contribution in [3.8, 4) is 16.9 Å². The SMILES string of the molecule is O=C1CN(c2c(O)ccc(-c3ccc4ocnc4c3)c2F)S(=O)N1. The van der Waals surface area contributed by atoms with Crippen LogP contribution in [0, 0.1) is 5.82 Å². The summed E-state index contributed by atoms with van der Waals surface area (Å²) in [6, 6.07) is 7.65. The standard InChI is InChI=1S/C15H10FN3O4S/c16-14-9(8-1-4-12-10(5-8)17-7-23-12)2-3-11(20)15(14)19-6-13(21)18-24(19)22/h1-5,7,20H,6H2,(H,18,21). The molecule has 7 nitrogen and oxygen atoms in total. The van der Waals surface area contributed by atoms with Crippen LogP contribution in [0.15, 0.2) is 41.1 Å². The first-order chi connectivity index (χ1) is 11.5. The number of phenolic OH excluding ortho intramolecular Hbond substituents is 1. The quantitative estimate of drug-likeness (QED) is 0.738. The van der Waals surface area contributed by atoms with Gasteiger partial charge in [-0.3, -0.25) is 13.8 Å². The molecule has 0 bridgehead atoms. The third-order valence-electron chi connectivity index (χ3n) is 3.67. The molecule has 1 saturated heterocycles. The van der Waals surface area contributed by atoms with Crippen molar-refractivity contribution in [2.24, 2.45) is 0 Å². The summed E-state index contributed by atoms with van der Waals surface area (Å²) in [6.07, 6.45) is 1.29. The maximum absolute atomic E-state index is 15.0. The number of aromatic nitrogens is 1. The van der Waals surface area contributed by atoms with Gasteiger partial charge in [-0.2, -0.15) is 0 Å². The van der Waals surface area contributed by atoms with Crippen molar-refractivity contribution in [2.75, 3.05) is 10.8 Å². The fraction of sp³-hybridized carbons (Fsp3) is 0.0667. The molecule has 4 rings (SSSR count). The normalized spacial score (nSPS) is 17.5. The van der Waals surface area contributed by atoms with Crippen molar-refractivity contribution in [2.45, 2.75) is 0 Å². The molecule has 0 spiro atoms. The topological polar surface area (TPSA) is 95.7 Å². The molecule has 1 fully saturated rings. The van der Waals surface area contributed by atoms with E-state index in [0.717, 1.165) is 4.31 Å². The zero-order valence-electron chi connectivity index (χ0n) is 12.0. The Morgan fingerprint density at radius 3 is 2.92 bits per heavy atom. The van der Waals surface area contributed by atoms with Gasteiger partial charge in [-0.15, -0.1) is 0 Å². The molecule has 9 heteroatoms. The number of carbonyl (C=O) groups excluding carboxylic acids is 1. The van der Waals surface area contributed by atoms with Gasteiger partial charge in [-0.1, -0.05) is 6.07 Å². The zero-order chi connectivity index (χ0) is 16.8. The second-order valence-electron chi connectivity index (χ2n) is 5.14. The molecule has 1 aliphatic rings. The van der Waals surface area contributed by atoms with Crippen LogP contribution in [0.25, 0.3) is 22.2 Å². The van der Waals surface area contributed by atoms with Crippen LogP contribution in [0.5, 0.6) is 5.75 Å². The van der Waals surface area contributed by atoms with E-state index in [-0.39, 0.29) is 17.8 Å². The minimum atomic E-state index is -1.94. The molecule has 1 unspecified atom stereocenters. The van der Waals surface area contributed by atoms with E-state index in [1.54, 1.807) is 18.2 Å². The fourth-order valence-electron chi connectivity index (χ4n) is 2.58. The minimum Gasteiger partial charge on any atom is -0.506 e. The van der Waals surface area contributed by atoms with E-state index in [4.69, 9.17) is 4.42 Å². The predicted octanol–water partition coefficient (Wildman–Crippen LogP) is 1.85. The van der Waals surface area contributed by atoms with Crippen molar-refractivity contribution >= 4 is 33.9 Å². The van der Waals surface area contributed by atoms with Crippen molar-refractivity contribution in [1.29, 1.82) is 0 Å². The van der Waals surface area contributed by atoms with Crippen molar-refractivity contribution < 1.29 is 22.9 Å². The molecule has 1 amide bonds. The number of hydrogen-bond donors (Lipinski definition) is 2. The number of halogens is 1. The molecule has 122 valence electrons. The van der Waals surface area contributed by atoms with Gasteiger partial charge in [0.25, 0.3) is 5.91 Å². The Morgan fingerprint density at radius 1 is 1.33 bits per heavy atom. The molecule has 3 aromatic rings. The molecule has 0 saturated carbocycles. The third-order valence-corrected chi connectivity index (χ3v) is 4.79. The average Bonchev–Trinajstić information content (AvgIpc) is 3.13. The summed E-state index contributed by atoms with van der Waals surface area (Å²) >= 11 is -1.94. The zero-order valence-corrected chi connectivity index (χ0v) is 12.8. The summed E-state index contributed by atoms with van der Waals surface area (Å²) in [6.45, 7) is -0.303. The van der Waals surface area contributed by atoms with Gasteiger partial charge in [0.05, 0.1) is 0 Å². The number of anilines is 1. The number of nitrogens with zero attached hydrogens (tertiary/aromatic N) is 2. The van der Waals surface area contributed by atoms with Gasteiger partial charge in [0.2, 0.25) is 11.2 Å². The molecule has 2 aromatic carbocycles. The lowest BCUT2D eigenvalue weighted by molar-refractivity contribution is -0.117. The molecular formula is C15H10FN3O4S. The van der Waals surface area contributed by atoms with E-state index in [1.165, 1.54) is 18.5 Å². The summed E-state index contributed by atoms with van der Waals surface area (Å²) in [5, 5.41) is 9.98. The highest BCUT2D eigenvalue weighted by Gasteiger charge is 2.32. The Bertz CT molecular complexity index is 1000. The van der Waals surface area contributed by atoms with Crippen LogP contribution >= 0.6 is 0 Å². The first kappa shape index (κ1) is 14.6. The number of hydrogen-bond acceptors (Lipinski definition) is 5. The van der Waals surface area contributed by atoms with Gasteiger partial charge in [0.15, 0.2) is 17.8 Å². The maximum Gasteiger partial charge on any atom is 0.253 e. The molecule has 24 heavy (non-hydrogen) atoms. The van der Waals surface area contributed by atoms with Crippen LogP contribution < -0.4 is 9.03 Å². The highest BCUT2D eigenvalue weighted by atomic mass is 32.2. The van der Waals surface area contributed by atoms with Gasteiger partial charge < -0.3 is 9.52 Å². The highest BCUT2D eigenvalue weighted by Crippen LogP contribution is 2.38. The minimum absolute atomic E-state index is 0.184. The van der Waals surface area contributed by atoms with Crippen LogP contribution in [-0.2, 0) is 16.0 Å². The lowest BCUT2D eigenvalue weighted by Gasteiger charge is -2.18. The number of rotatable bonds is 2. The number of nitrogens with one attached hydrogen (secondary N) is 1. The Balaban J connectivity index is 1.86. The summed E-state index contributed by atoms with van der Waals surface area (Å²) in [4.78, 5) is 15.4. The predicted molar refractivity (Wildman–Crippen MR) is 84.7 cm³/mol. The van der Waals surface area contributed by atoms with E-state index < -0.39 is 28.6 Å². The van der Waals surface area contributed by atoms with Gasteiger partial charge in [-0.25, -0.2) is 13.6 Å². The number of carbonyl (C=O) groups is 1. The molecule has 1 aromatic heterocycles. The molecule has 0 radical (unpaired) electrons. The number of oxazole rings is 1. The van der Waals surface area contributed by atoms with E-state index in [0.29, 0.717) is 16.7 Å². The van der Waals surface area contributed by atoms with Crippen LogP contribution in [-0.4, -0.2) is 26.8 Å². The van der Waals surface area contributed by atoms with E-state index in [2.05, 4.69) is 9.71 Å². The van der Waals surface area contributed by atoms with Crippen LogP contribution in [0.1, 0.15) is 0 Å². The average molecular weight is 347 g/mol. The molecule has 1 atom stereocenters. The summed E-state index contributed by atoms with van der Waals surface area (Å²) in [5.41, 5.74) is 1.53. The monoisotopic (exact) mass is 347 g/mol.